The standard InChI is InChI=1S/C18H32N2O/c1-13(2)16-18(21)20(12-11-14-7-3-4-8-14)17(19-16)15-9-5-6-10-15/h13-17,19H,3-12H2,1-2H3. The number of amides is 1. The summed E-state index contributed by atoms with van der Waals surface area (Å²) in [6.07, 6.45) is 12.4. The Balaban J connectivity index is 1.64. The van der Waals surface area contributed by atoms with Gasteiger partial charge in [-0.2, -0.15) is 0 Å². The Labute approximate surface area is 129 Å². The van der Waals surface area contributed by atoms with Crippen LogP contribution >= 0.6 is 0 Å². The average molecular weight is 292 g/mol. The van der Waals surface area contributed by atoms with Crippen LogP contribution in [0.3, 0.4) is 0 Å². The lowest BCUT2D eigenvalue weighted by Gasteiger charge is -2.29. The van der Waals surface area contributed by atoms with Crippen molar-refractivity contribution in [2.45, 2.75) is 83.8 Å². The molecule has 0 aromatic carbocycles. The molecule has 120 valence electrons. The fourth-order valence-electron chi connectivity index (χ4n) is 4.67. The maximum absolute atomic E-state index is 12.8. The molecule has 1 heterocycles. The number of hydrogen-bond donors (Lipinski definition) is 1. The van der Waals surface area contributed by atoms with Gasteiger partial charge >= 0.3 is 0 Å². The van der Waals surface area contributed by atoms with Crippen LogP contribution in [0.4, 0.5) is 0 Å². The van der Waals surface area contributed by atoms with Crippen LogP contribution in [-0.4, -0.2) is 29.6 Å². The van der Waals surface area contributed by atoms with Gasteiger partial charge in [-0.15, -0.1) is 0 Å². The molecule has 1 aliphatic heterocycles. The smallest absolute Gasteiger partial charge is 0.241 e. The highest BCUT2D eigenvalue weighted by Crippen LogP contribution is 2.34. The topological polar surface area (TPSA) is 32.3 Å². The zero-order chi connectivity index (χ0) is 14.8. The van der Waals surface area contributed by atoms with Crippen molar-refractivity contribution >= 4 is 5.91 Å². The van der Waals surface area contributed by atoms with E-state index in [-0.39, 0.29) is 6.04 Å². The van der Waals surface area contributed by atoms with Crippen LogP contribution in [0.1, 0.15) is 71.6 Å². The molecule has 1 amide bonds. The lowest BCUT2D eigenvalue weighted by molar-refractivity contribution is -0.131. The highest BCUT2D eigenvalue weighted by atomic mass is 16.2. The summed E-state index contributed by atoms with van der Waals surface area (Å²) in [6, 6.07) is 0.0548. The van der Waals surface area contributed by atoms with Crippen molar-refractivity contribution in [2.75, 3.05) is 6.54 Å². The zero-order valence-corrected chi connectivity index (χ0v) is 13.8. The molecule has 3 fully saturated rings. The van der Waals surface area contributed by atoms with Crippen LogP contribution in [0.25, 0.3) is 0 Å². The molecule has 1 saturated heterocycles. The van der Waals surface area contributed by atoms with E-state index in [1.54, 1.807) is 0 Å². The molecule has 0 aromatic rings. The quantitative estimate of drug-likeness (QED) is 0.840. The number of hydrogen-bond acceptors (Lipinski definition) is 2. The van der Waals surface area contributed by atoms with Gasteiger partial charge in [0.05, 0.1) is 12.2 Å². The van der Waals surface area contributed by atoms with Crippen LogP contribution < -0.4 is 5.32 Å². The third-order valence-corrected chi connectivity index (χ3v) is 6.00. The summed E-state index contributed by atoms with van der Waals surface area (Å²) in [6.45, 7) is 5.32. The van der Waals surface area contributed by atoms with Crippen LogP contribution in [-0.2, 0) is 4.79 Å². The monoisotopic (exact) mass is 292 g/mol. The summed E-state index contributed by atoms with van der Waals surface area (Å²) in [5.41, 5.74) is 0. The van der Waals surface area contributed by atoms with Crippen molar-refractivity contribution in [1.29, 1.82) is 0 Å². The molecule has 2 atom stereocenters. The van der Waals surface area contributed by atoms with Crippen LogP contribution in [0, 0.1) is 17.8 Å². The van der Waals surface area contributed by atoms with Crippen molar-refractivity contribution in [1.82, 2.24) is 10.2 Å². The molecule has 0 radical (unpaired) electrons. The van der Waals surface area contributed by atoms with Crippen molar-refractivity contribution in [3.63, 3.8) is 0 Å². The molecule has 0 spiro atoms. The summed E-state index contributed by atoms with van der Waals surface area (Å²) < 4.78 is 0. The second-order valence-corrected chi connectivity index (χ2v) is 7.85. The van der Waals surface area contributed by atoms with E-state index in [0.29, 0.717) is 23.9 Å². The average Bonchev–Trinajstić information content (AvgIpc) is 3.17. The van der Waals surface area contributed by atoms with Gasteiger partial charge in [0.2, 0.25) is 5.91 Å². The minimum atomic E-state index is 0.0548. The van der Waals surface area contributed by atoms with Gasteiger partial charge in [0.1, 0.15) is 0 Å². The predicted molar refractivity (Wildman–Crippen MR) is 85.8 cm³/mol. The summed E-state index contributed by atoms with van der Waals surface area (Å²) in [5, 5.41) is 3.68. The summed E-state index contributed by atoms with van der Waals surface area (Å²) in [4.78, 5) is 15.0. The molecule has 2 unspecified atom stereocenters. The maximum Gasteiger partial charge on any atom is 0.241 e. The van der Waals surface area contributed by atoms with E-state index in [9.17, 15) is 4.79 Å². The van der Waals surface area contributed by atoms with Gasteiger partial charge in [-0.25, -0.2) is 0 Å². The van der Waals surface area contributed by atoms with Gasteiger partial charge in [-0.3, -0.25) is 10.1 Å². The molecule has 2 aliphatic carbocycles. The van der Waals surface area contributed by atoms with Crippen molar-refractivity contribution in [3.05, 3.63) is 0 Å². The van der Waals surface area contributed by atoms with E-state index in [4.69, 9.17) is 0 Å². The first-order chi connectivity index (χ1) is 10.2. The minimum Gasteiger partial charge on any atom is -0.325 e. The highest BCUT2D eigenvalue weighted by molar-refractivity contribution is 5.84. The van der Waals surface area contributed by atoms with Gasteiger partial charge in [0.15, 0.2) is 0 Å². The number of carbonyl (C=O) groups excluding carboxylic acids is 1. The number of nitrogens with zero attached hydrogens (tertiary/aromatic N) is 1. The summed E-state index contributed by atoms with van der Waals surface area (Å²) in [5.74, 6) is 2.35. The Kier molecular flexibility index (Phi) is 4.88. The predicted octanol–water partition coefficient (Wildman–Crippen LogP) is 3.54. The third kappa shape index (κ3) is 3.28. The lowest BCUT2D eigenvalue weighted by Crippen LogP contribution is -2.43. The number of rotatable bonds is 5. The molecule has 0 bridgehead atoms. The first-order valence-electron chi connectivity index (χ1n) is 9.23. The molecular weight excluding hydrogens is 260 g/mol. The van der Waals surface area contributed by atoms with E-state index >= 15 is 0 Å². The SMILES string of the molecule is CC(C)C1NC(C2CCCC2)N(CCC2CCCC2)C1=O. The molecule has 3 nitrogen and oxygen atoms in total. The second kappa shape index (κ2) is 6.68. The van der Waals surface area contributed by atoms with E-state index in [1.807, 2.05) is 0 Å². The van der Waals surface area contributed by atoms with Gasteiger partial charge in [-0.1, -0.05) is 52.4 Å². The highest BCUT2D eigenvalue weighted by Gasteiger charge is 2.44. The van der Waals surface area contributed by atoms with E-state index in [0.717, 1.165) is 12.5 Å². The largest absolute Gasteiger partial charge is 0.325 e. The first kappa shape index (κ1) is 15.3. The number of carbonyl (C=O) groups is 1. The molecular formula is C18H32N2O. The molecule has 1 N–H and O–H groups in total. The third-order valence-electron chi connectivity index (χ3n) is 6.00. The Hall–Kier alpha value is -0.570. The van der Waals surface area contributed by atoms with Crippen molar-refractivity contribution in [3.8, 4) is 0 Å². The fraction of sp³-hybridized carbons (Fsp3) is 0.944. The Bertz CT molecular complexity index is 356. The fourth-order valence-corrected chi connectivity index (χ4v) is 4.67. The van der Waals surface area contributed by atoms with Gasteiger partial charge < -0.3 is 4.90 Å². The molecule has 0 aromatic heterocycles. The molecule has 3 aliphatic rings. The zero-order valence-electron chi connectivity index (χ0n) is 13.8. The molecule has 21 heavy (non-hydrogen) atoms. The molecule has 3 rings (SSSR count). The van der Waals surface area contributed by atoms with E-state index < -0.39 is 0 Å². The van der Waals surface area contributed by atoms with Crippen molar-refractivity contribution in [2.24, 2.45) is 17.8 Å². The molecule has 3 heteroatoms. The van der Waals surface area contributed by atoms with E-state index in [2.05, 4.69) is 24.1 Å². The Morgan fingerprint density at radius 1 is 1.10 bits per heavy atom. The number of nitrogens with one attached hydrogen (secondary N) is 1. The maximum atomic E-state index is 12.8. The van der Waals surface area contributed by atoms with Gasteiger partial charge in [0.25, 0.3) is 0 Å². The van der Waals surface area contributed by atoms with Crippen molar-refractivity contribution < 1.29 is 4.79 Å². The normalized spacial score (nSPS) is 32.0. The molecule has 2 saturated carbocycles. The minimum absolute atomic E-state index is 0.0548. The van der Waals surface area contributed by atoms with Crippen LogP contribution in [0.5, 0.6) is 0 Å². The summed E-state index contributed by atoms with van der Waals surface area (Å²) >= 11 is 0. The van der Waals surface area contributed by atoms with Crippen LogP contribution in [0.15, 0.2) is 0 Å². The second-order valence-electron chi connectivity index (χ2n) is 7.85. The van der Waals surface area contributed by atoms with E-state index in [1.165, 1.54) is 57.8 Å². The van der Waals surface area contributed by atoms with Gasteiger partial charge in [-0.05, 0) is 37.0 Å². The van der Waals surface area contributed by atoms with Crippen LogP contribution in [0.2, 0.25) is 0 Å². The Morgan fingerprint density at radius 2 is 1.71 bits per heavy atom. The Morgan fingerprint density at radius 3 is 2.33 bits per heavy atom. The van der Waals surface area contributed by atoms with Gasteiger partial charge in [0, 0.05) is 6.54 Å². The summed E-state index contributed by atoms with van der Waals surface area (Å²) in [7, 11) is 0. The first-order valence-corrected chi connectivity index (χ1v) is 9.23. The lowest BCUT2D eigenvalue weighted by atomic mass is 10.0.